The van der Waals surface area contributed by atoms with Gasteiger partial charge in [0.1, 0.15) is 0 Å². The van der Waals surface area contributed by atoms with Crippen molar-refractivity contribution in [3.8, 4) is 0 Å². The molecule has 1 aromatic heterocycles. The number of nitrogens with zero attached hydrogens (tertiary/aromatic N) is 1. The molecule has 1 aliphatic heterocycles. The number of aromatic nitrogens is 1. The minimum absolute atomic E-state index is 0.210. The maximum Gasteiger partial charge on any atom is 0.0631 e. The fraction of sp³-hybridized carbons (Fsp3) is 0.700. The van der Waals surface area contributed by atoms with E-state index in [0.29, 0.717) is 0 Å². The minimum Gasteiger partial charge on any atom is -0.311 e. The second-order valence-electron chi connectivity index (χ2n) is 4.61. The van der Waals surface area contributed by atoms with E-state index >= 15 is 0 Å². The van der Waals surface area contributed by atoms with Crippen LogP contribution in [0.1, 0.15) is 36.9 Å². The zero-order chi connectivity index (χ0) is 9.47. The summed E-state index contributed by atoms with van der Waals surface area (Å²) < 4.78 is 4.57. The van der Waals surface area contributed by atoms with Crippen LogP contribution in [-0.2, 0) is 18.4 Å². The largest absolute Gasteiger partial charge is 0.311 e. The van der Waals surface area contributed by atoms with Gasteiger partial charge in [-0.25, -0.2) is 0 Å². The highest BCUT2D eigenvalue weighted by atomic mass is 32.1. The van der Waals surface area contributed by atoms with Gasteiger partial charge in [0.15, 0.2) is 0 Å². The van der Waals surface area contributed by atoms with Gasteiger partial charge in [0, 0.05) is 16.8 Å². The lowest BCUT2D eigenvalue weighted by molar-refractivity contribution is 0.556. The Hall–Kier alpha value is -0.410. The van der Waals surface area contributed by atoms with Gasteiger partial charge in [0.05, 0.1) is 5.69 Å². The molecule has 2 nitrogen and oxygen atoms in total. The van der Waals surface area contributed by atoms with Crippen LogP contribution in [0.5, 0.6) is 0 Å². The summed E-state index contributed by atoms with van der Waals surface area (Å²) in [4.78, 5) is 1.44. The van der Waals surface area contributed by atoms with Crippen molar-refractivity contribution in [2.45, 2.75) is 39.2 Å². The number of fused-ring (bicyclic) bond motifs is 1. The van der Waals surface area contributed by atoms with Crippen molar-refractivity contribution in [1.82, 2.24) is 9.69 Å². The van der Waals surface area contributed by atoms with E-state index in [9.17, 15) is 0 Å². The van der Waals surface area contributed by atoms with Gasteiger partial charge in [0.2, 0.25) is 0 Å². The van der Waals surface area contributed by atoms with E-state index in [-0.39, 0.29) is 5.41 Å². The number of rotatable bonds is 0. The number of hydrogen-bond acceptors (Lipinski definition) is 3. The van der Waals surface area contributed by atoms with E-state index < -0.39 is 0 Å². The first kappa shape index (κ1) is 9.16. The smallest absolute Gasteiger partial charge is 0.0631 e. The predicted molar refractivity (Wildman–Crippen MR) is 56.2 cm³/mol. The Labute approximate surface area is 83.5 Å². The third-order valence-corrected chi connectivity index (χ3v) is 3.30. The molecule has 2 heterocycles. The lowest BCUT2D eigenvalue weighted by Crippen LogP contribution is -2.24. The maximum absolute atomic E-state index is 4.57. The molecular formula is C10H16N2S. The van der Waals surface area contributed by atoms with Crippen molar-refractivity contribution in [2.75, 3.05) is 6.54 Å². The molecule has 1 aromatic rings. The molecule has 1 N–H and O–H groups in total. The van der Waals surface area contributed by atoms with Crippen LogP contribution < -0.4 is 5.32 Å². The van der Waals surface area contributed by atoms with Crippen LogP contribution in [-0.4, -0.2) is 10.9 Å². The molecule has 0 bridgehead atoms. The summed E-state index contributed by atoms with van der Waals surface area (Å²) in [7, 11) is 0. The molecule has 0 amide bonds. The zero-order valence-electron chi connectivity index (χ0n) is 8.48. The van der Waals surface area contributed by atoms with Crippen molar-refractivity contribution in [2.24, 2.45) is 0 Å². The lowest BCUT2D eigenvalue weighted by atomic mass is 9.87. The summed E-state index contributed by atoms with van der Waals surface area (Å²) >= 11 is 1.67. The van der Waals surface area contributed by atoms with Gasteiger partial charge >= 0.3 is 0 Å². The van der Waals surface area contributed by atoms with Crippen LogP contribution in [0.3, 0.4) is 0 Å². The standard InChI is InChI=1S/C10H16N2S/c1-10(2,3)9-7-4-5-11-6-8(7)13-12-9/h11H,4-6H2,1-3H3. The maximum atomic E-state index is 4.57. The lowest BCUT2D eigenvalue weighted by Gasteiger charge is -2.20. The van der Waals surface area contributed by atoms with Gasteiger partial charge < -0.3 is 5.32 Å². The summed E-state index contributed by atoms with van der Waals surface area (Å²) in [6, 6.07) is 0. The number of hydrogen-bond donors (Lipinski definition) is 1. The van der Waals surface area contributed by atoms with Crippen LogP contribution >= 0.6 is 11.5 Å². The summed E-state index contributed by atoms with van der Waals surface area (Å²) in [6.07, 6.45) is 1.15. The van der Waals surface area contributed by atoms with E-state index in [0.717, 1.165) is 19.5 Å². The second-order valence-corrected chi connectivity index (χ2v) is 5.47. The normalized spacial score (nSPS) is 17.2. The first-order chi connectivity index (χ1) is 6.09. The molecule has 1 aliphatic rings. The van der Waals surface area contributed by atoms with Gasteiger partial charge in [-0.15, -0.1) is 0 Å². The Bertz CT molecular complexity index is 309. The van der Waals surface area contributed by atoms with Crippen LogP contribution in [0.2, 0.25) is 0 Å². The summed E-state index contributed by atoms with van der Waals surface area (Å²) in [5.74, 6) is 0. The Morgan fingerprint density at radius 2 is 2.15 bits per heavy atom. The molecule has 0 fully saturated rings. The molecule has 0 atom stereocenters. The quantitative estimate of drug-likeness (QED) is 0.687. The second kappa shape index (κ2) is 3.07. The van der Waals surface area contributed by atoms with E-state index in [2.05, 4.69) is 30.5 Å². The Kier molecular flexibility index (Phi) is 2.16. The SMILES string of the molecule is CC(C)(C)c1nsc2c1CCNC2. The Morgan fingerprint density at radius 1 is 1.38 bits per heavy atom. The molecule has 3 heteroatoms. The molecular weight excluding hydrogens is 180 g/mol. The van der Waals surface area contributed by atoms with Crippen molar-refractivity contribution >= 4 is 11.5 Å². The van der Waals surface area contributed by atoms with Crippen molar-refractivity contribution in [1.29, 1.82) is 0 Å². The average Bonchev–Trinajstić information content (AvgIpc) is 2.45. The molecule has 0 spiro atoms. The van der Waals surface area contributed by atoms with Crippen molar-refractivity contribution in [3.05, 3.63) is 16.1 Å². The van der Waals surface area contributed by atoms with Gasteiger partial charge in [-0.1, -0.05) is 20.8 Å². The molecule has 72 valence electrons. The summed E-state index contributed by atoms with van der Waals surface area (Å²) in [6.45, 7) is 8.84. The van der Waals surface area contributed by atoms with Crippen LogP contribution in [0.25, 0.3) is 0 Å². The third-order valence-electron chi connectivity index (χ3n) is 2.42. The van der Waals surface area contributed by atoms with Crippen molar-refractivity contribution < 1.29 is 0 Å². The molecule has 0 saturated heterocycles. The molecule has 0 unspecified atom stereocenters. The van der Waals surface area contributed by atoms with E-state index in [1.165, 1.54) is 16.1 Å². The highest BCUT2D eigenvalue weighted by Gasteiger charge is 2.25. The highest BCUT2D eigenvalue weighted by Crippen LogP contribution is 2.31. The van der Waals surface area contributed by atoms with Gasteiger partial charge in [-0.05, 0) is 30.1 Å². The predicted octanol–water partition coefficient (Wildman–Crippen LogP) is 2.09. The van der Waals surface area contributed by atoms with Crippen LogP contribution in [0.15, 0.2) is 0 Å². The van der Waals surface area contributed by atoms with Gasteiger partial charge in [0.25, 0.3) is 0 Å². The third kappa shape index (κ3) is 1.63. The molecule has 0 radical (unpaired) electrons. The fourth-order valence-corrected chi connectivity index (χ4v) is 2.81. The van der Waals surface area contributed by atoms with Crippen LogP contribution in [0, 0.1) is 0 Å². The molecule has 0 aromatic carbocycles. The molecule has 0 aliphatic carbocycles. The summed E-state index contributed by atoms with van der Waals surface area (Å²) in [5.41, 5.74) is 3.03. The average molecular weight is 196 g/mol. The Morgan fingerprint density at radius 3 is 2.85 bits per heavy atom. The van der Waals surface area contributed by atoms with E-state index in [1.807, 2.05) is 0 Å². The first-order valence-electron chi connectivity index (χ1n) is 4.77. The van der Waals surface area contributed by atoms with Crippen molar-refractivity contribution in [3.63, 3.8) is 0 Å². The molecule has 13 heavy (non-hydrogen) atoms. The van der Waals surface area contributed by atoms with Gasteiger partial charge in [-0.2, -0.15) is 4.37 Å². The minimum atomic E-state index is 0.210. The number of nitrogens with one attached hydrogen (secondary N) is 1. The first-order valence-corrected chi connectivity index (χ1v) is 5.55. The highest BCUT2D eigenvalue weighted by molar-refractivity contribution is 7.06. The van der Waals surface area contributed by atoms with E-state index in [4.69, 9.17) is 0 Å². The topological polar surface area (TPSA) is 24.9 Å². The molecule has 2 rings (SSSR count). The Balaban J connectivity index is 2.43. The monoisotopic (exact) mass is 196 g/mol. The van der Waals surface area contributed by atoms with Crippen LogP contribution in [0.4, 0.5) is 0 Å². The summed E-state index contributed by atoms with van der Waals surface area (Å²) in [5, 5.41) is 3.38. The van der Waals surface area contributed by atoms with Gasteiger partial charge in [-0.3, -0.25) is 0 Å². The van der Waals surface area contributed by atoms with E-state index in [1.54, 1.807) is 11.5 Å². The molecule has 0 saturated carbocycles. The zero-order valence-corrected chi connectivity index (χ0v) is 9.29. The fourth-order valence-electron chi connectivity index (χ4n) is 1.74.